The van der Waals surface area contributed by atoms with Gasteiger partial charge in [-0.15, -0.1) is 5.10 Å². The molecule has 18 heavy (non-hydrogen) atoms. The Bertz CT molecular complexity index is 542. The monoisotopic (exact) mass is 267 g/mol. The lowest BCUT2D eigenvalue weighted by molar-refractivity contribution is 0.551. The average molecular weight is 267 g/mol. The van der Waals surface area contributed by atoms with Crippen LogP contribution in [0.25, 0.3) is 0 Å². The van der Waals surface area contributed by atoms with E-state index in [4.69, 9.17) is 0 Å². The van der Waals surface area contributed by atoms with E-state index < -0.39 is 0 Å². The molecule has 1 heterocycles. The number of benzene rings is 1. The van der Waals surface area contributed by atoms with Gasteiger partial charge in [0.2, 0.25) is 5.16 Å². The van der Waals surface area contributed by atoms with Gasteiger partial charge < -0.3 is 5.32 Å². The summed E-state index contributed by atoms with van der Waals surface area (Å²) in [4.78, 5) is 0.815. The van der Waals surface area contributed by atoms with Crippen molar-refractivity contribution in [2.45, 2.75) is 23.0 Å². The van der Waals surface area contributed by atoms with E-state index in [1.807, 2.05) is 13.0 Å². The molecule has 0 spiro atoms. The number of tetrazole rings is 1. The Kier molecular flexibility index (Phi) is 3.93. The molecule has 2 rings (SSSR count). The summed E-state index contributed by atoms with van der Waals surface area (Å²) in [6.07, 6.45) is 0. The highest BCUT2D eigenvalue weighted by molar-refractivity contribution is 7.99. The molecule has 96 valence electrons. The lowest BCUT2D eigenvalue weighted by Crippen LogP contribution is -2.15. The van der Waals surface area contributed by atoms with Gasteiger partial charge >= 0.3 is 0 Å². The van der Waals surface area contributed by atoms with Gasteiger partial charge in [-0.05, 0) is 48.3 Å². The Balaban J connectivity index is 2.39. The van der Waals surface area contributed by atoms with E-state index in [1.54, 1.807) is 24.8 Å². The fourth-order valence-electron chi connectivity index (χ4n) is 1.58. The fraction of sp³-hybridized carbons (Fsp3) is 0.364. The quantitative estimate of drug-likeness (QED) is 0.915. The number of aromatic nitrogens is 4. The fourth-order valence-corrected chi connectivity index (χ4v) is 2.55. The number of aryl methyl sites for hydroxylation is 1. The van der Waals surface area contributed by atoms with Gasteiger partial charge in [0, 0.05) is 23.5 Å². The van der Waals surface area contributed by atoms with Crippen molar-refractivity contribution in [2.24, 2.45) is 7.05 Å². The Hall–Kier alpha value is -1.47. The molecule has 0 fully saturated rings. The molecule has 0 aliphatic rings. The summed E-state index contributed by atoms with van der Waals surface area (Å²) < 4.78 is 15.5. The third-order valence-corrected chi connectivity index (χ3v) is 3.77. The van der Waals surface area contributed by atoms with Crippen LogP contribution in [-0.2, 0) is 7.05 Å². The van der Waals surface area contributed by atoms with Crippen molar-refractivity contribution in [3.8, 4) is 0 Å². The van der Waals surface area contributed by atoms with Gasteiger partial charge in [-0.25, -0.2) is 9.07 Å². The number of nitrogens with zero attached hydrogens (tertiary/aromatic N) is 4. The van der Waals surface area contributed by atoms with Gasteiger partial charge in [-0.2, -0.15) is 0 Å². The lowest BCUT2D eigenvalue weighted by Gasteiger charge is -2.15. The van der Waals surface area contributed by atoms with Crippen molar-refractivity contribution in [1.29, 1.82) is 0 Å². The van der Waals surface area contributed by atoms with Crippen LogP contribution in [0.3, 0.4) is 0 Å². The Morgan fingerprint density at radius 3 is 2.83 bits per heavy atom. The largest absolute Gasteiger partial charge is 0.313 e. The summed E-state index contributed by atoms with van der Waals surface area (Å²) in [7, 11) is 3.55. The van der Waals surface area contributed by atoms with Crippen LogP contribution in [0.5, 0.6) is 0 Å². The van der Waals surface area contributed by atoms with E-state index in [0.717, 1.165) is 4.90 Å². The summed E-state index contributed by atoms with van der Waals surface area (Å²) in [6.45, 7) is 1.91. The zero-order valence-electron chi connectivity index (χ0n) is 10.4. The SMILES string of the molecule is CNC(C)c1c(F)cccc1Sc1nnnn1C. The molecule has 0 amide bonds. The molecule has 5 nitrogen and oxygen atoms in total. The molecule has 1 aromatic heterocycles. The minimum Gasteiger partial charge on any atom is -0.313 e. The van der Waals surface area contributed by atoms with E-state index in [-0.39, 0.29) is 11.9 Å². The number of hydrogen-bond donors (Lipinski definition) is 1. The standard InChI is InChI=1S/C11H14FN5S/c1-7(13-2)10-8(12)5-4-6-9(10)18-11-14-15-16-17(11)3/h4-7,13H,1-3H3. The molecule has 2 aromatic rings. The van der Waals surface area contributed by atoms with Crippen LogP contribution in [0.2, 0.25) is 0 Å². The first-order valence-electron chi connectivity index (χ1n) is 5.49. The number of halogens is 1. The zero-order valence-corrected chi connectivity index (χ0v) is 11.2. The van der Waals surface area contributed by atoms with Crippen LogP contribution in [0, 0.1) is 5.82 Å². The summed E-state index contributed by atoms with van der Waals surface area (Å²) in [5, 5.41) is 14.9. The van der Waals surface area contributed by atoms with E-state index in [9.17, 15) is 4.39 Å². The molecule has 0 bridgehead atoms. The zero-order chi connectivity index (χ0) is 13.1. The summed E-state index contributed by atoms with van der Waals surface area (Å²) in [5.41, 5.74) is 0.632. The van der Waals surface area contributed by atoms with Crippen molar-refractivity contribution in [3.63, 3.8) is 0 Å². The van der Waals surface area contributed by atoms with Crippen LogP contribution in [-0.4, -0.2) is 27.3 Å². The second-order valence-corrected chi connectivity index (χ2v) is 4.86. The van der Waals surface area contributed by atoms with Crippen molar-refractivity contribution in [3.05, 3.63) is 29.6 Å². The predicted octanol–water partition coefficient (Wildman–Crippen LogP) is 1.78. The molecule has 0 radical (unpaired) electrons. The molecular formula is C11H14FN5S. The third-order valence-electron chi connectivity index (χ3n) is 2.66. The predicted molar refractivity (Wildman–Crippen MR) is 66.8 cm³/mol. The van der Waals surface area contributed by atoms with Gasteiger partial charge in [0.15, 0.2) is 0 Å². The molecule has 0 aliphatic carbocycles. The first kappa shape index (κ1) is 13.0. The minimum atomic E-state index is -0.225. The molecule has 0 aliphatic heterocycles. The maximum Gasteiger partial charge on any atom is 0.213 e. The Morgan fingerprint density at radius 2 is 2.22 bits per heavy atom. The Labute approximate surface area is 109 Å². The van der Waals surface area contributed by atoms with E-state index >= 15 is 0 Å². The van der Waals surface area contributed by atoms with Gasteiger partial charge in [-0.3, -0.25) is 0 Å². The molecule has 1 N–H and O–H groups in total. The van der Waals surface area contributed by atoms with Crippen LogP contribution in [0.1, 0.15) is 18.5 Å². The first-order chi connectivity index (χ1) is 8.63. The Morgan fingerprint density at radius 1 is 1.44 bits per heavy atom. The topological polar surface area (TPSA) is 55.6 Å². The van der Waals surface area contributed by atoms with Crippen LogP contribution >= 0.6 is 11.8 Å². The van der Waals surface area contributed by atoms with Crippen molar-refractivity contribution < 1.29 is 4.39 Å². The van der Waals surface area contributed by atoms with Crippen LogP contribution in [0.4, 0.5) is 4.39 Å². The highest BCUT2D eigenvalue weighted by atomic mass is 32.2. The summed E-state index contributed by atoms with van der Waals surface area (Å²) >= 11 is 1.35. The first-order valence-corrected chi connectivity index (χ1v) is 6.31. The van der Waals surface area contributed by atoms with Crippen LogP contribution in [0.15, 0.2) is 28.3 Å². The molecule has 0 saturated heterocycles. The normalized spacial score (nSPS) is 12.7. The maximum absolute atomic E-state index is 13.9. The summed E-state index contributed by atoms with van der Waals surface area (Å²) in [5.74, 6) is -0.225. The molecule has 1 unspecified atom stereocenters. The van der Waals surface area contributed by atoms with Gasteiger partial charge in [-0.1, -0.05) is 6.07 Å². The third kappa shape index (κ3) is 2.51. The molecule has 1 aromatic carbocycles. The number of hydrogen-bond acceptors (Lipinski definition) is 5. The second kappa shape index (κ2) is 5.45. The molecule has 1 atom stereocenters. The average Bonchev–Trinajstić information content (AvgIpc) is 2.74. The van der Waals surface area contributed by atoms with Crippen molar-refractivity contribution in [1.82, 2.24) is 25.5 Å². The molecule has 0 saturated carbocycles. The maximum atomic E-state index is 13.9. The van der Waals surface area contributed by atoms with Crippen molar-refractivity contribution >= 4 is 11.8 Å². The minimum absolute atomic E-state index is 0.0742. The highest BCUT2D eigenvalue weighted by Crippen LogP contribution is 2.33. The molecular weight excluding hydrogens is 253 g/mol. The van der Waals surface area contributed by atoms with Gasteiger partial charge in [0.25, 0.3) is 0 Å². The van der Waals surface area contributed by atoms with Crippen molar-refractivity contribution in [2.75, 3.05) is 7.05 Å². The van der Waals surface area contributed by atoms with Gasteiger partial charge in [0.05, 0.1) is 0 Å². The number of rotatable bonds is 4. The van der Waals surface area contributed by atoms with E-state index in [0.29, 0.717) is 10.7 Å². The second-order valence-electron chi connectivity index (χ2n) is 3.85. The lowest BCUT2D eigenvalue weighted by atomic mass is 10.1. The molecule has 7 heteroatoms. The van der Waals surface area contributed by atoms with E-state index in [1.165, 1.54) is 17.8 Å². The van der Waals surface area contributed by atoms with E-state index in [2.05, 4.69) is 20.8 Å². The number of nitrogens with one attached hydrogen (secondary N) is 1. The summed E-state index contributed by atoms with van der Waals surface area (Å²) in [6, 6.07) is 4.94. The van der Waals surface area contributed by atoms with Gasteiger partial charge in [0.1, 0.15) is 5.82 Å². The van der Waals surface area contributed by atoms with Crippen LogP contribution < -0.4 is 5.32 Å². The highest BCUT2D eigenvalue weighted by Gasteiger charge is 2.16. The smallest absolute Gasteiger partial charge is 0.213 e.